The topological polar surface area (TPSA) is 208 Å². The summed E-state index contributed by atoms with van der Waals surface area (Å²) in [5.74, 6) is -2.66. The molecule has 0 spiro atoms. The quantitative estimate of drug-likeness (QED) is 0.162. The highest BCUT2D eigenvalue weighted by atomic mass is 32.2. The standard InChI is InChI=1S/C16H32BN5O7S/c1-10(13(23)24)20-14(25)16(19)9-22(8-12(16)4-3-7-17(26)27)30(28,29)21-11(2)15(18)5-6-15/h10-12,21,26-27H,3-9,18-19H2,1-2H3,(H,20,25)(H,23,24)/t10-,11?,12-,16-/m0/s1. The van der Waals surface area contributed by atoms with Crippen molar-refractivity contribution in [3.8, 4) is 0 Å². The summed E-state index contributed by atoms with van der Waals surface area (Å²) >= 11 is 0. The number of nitrogens with one attached hydrogen (secondary N) is 2. The van der Waals surface area contributed by atoms with Gasteiger partial charge in [-0.1, -0.05) is 6.42 Å². The molecule has 1 saturated heterocycles. The number of hydrogen-bond acceptors (Lipinski definition) is 8. The number of carbonyl (C=O) groups excluding carboxylic acids is 1. The number of carboxylic acids is 1. The van der Waals surface area contributed by atoms with Crippen LogP contribution in [0.3, 0.4) is 0 Å². The van der Waals surface area contributed by atoms with Gasteiger partial charge in [-0.3, -0.25) is 9.59 Å². The molecule has 1 aliphatic heterocycles. The lowest BCUT2D eigenvalue weighted by Crippen LogP contribution is -2.62. The van der Waals surface area contributed by atoms with E-state index in [0.717, 1.165) is 4.31 Å². The van der Waals surface area contributed by atoms with Gasteiger partial charge in [0.25, 0.3) is 10.2 Å². The van der Waals surface area contributed by atoms with Crippen molar-refractivity contribution in [1.29, 1.82) is 0 Å². The molecule has 0 aromatic carbocycles. The molecule has 1 amide bonds. The van der Waals surface area contributed by atoms with E-state index in [9.17, 15) is 18.0 Å². The summed E-state index contributed by atoms with van der Waals surface area (Å²) in [4.78, 5) is 23.9. The van der Waals surface area contributed by atoms with Crippen LogP contribution in [0.2, 0.25) is 6.32 Å². The van der Waals surface area contributed by atoms with Crippen LogP contribution >= 0.6 is 0 Å². The maximum Gasteiger partial charge on any atom is 0.451 e. The highest BCUT2D eigenvalue weighted by molar-refractivity contribution is 7.87. The van der Waals surface area contributed by atoms with Gasteiger partial charge in [0.15, 0.2) is 0 Å². The minimum absolute atomic E-state index is 0.0391. The Hall–Kier alpha value is -1.29. The Labute approximate surface area is 176 Å². The van der Waals surface area contributed by atoms with Crippen LogP contribution in [0.4, 0.5) is 0 Å². The molecule has 9 N–H and O–H groups in total. The summed E-state index contributed by atoms with van der Waals surface area (Å²) in [5, 5.41) is 29.5. The molecule has 2 rings (SSSR count). The molecular formula is C16H32BN5O7S. The van der Waals surface area contributed by atoms with Crippen molar-refractivity contribution in [2.75, 3.05) is 13.1 Å². The maximum atomic E-state index is 12.9. The Balaban J connectivity index is 2.18. The van der Waals surface area contributed by atoms with Crippen molar-refractivity contribution in [3.63, 3.8) is 0 Å². The Kier molecular flexibility index (Phi) is 7.55. The molecule has 2 fully saturated rings. The molecule has 0 aromatic rings. The lowest BCUT2D eigenvalue weighted by atomic mass is 9.78. The lowest BCUT2D eigenvalue weighted by Gasteiger charge is -2.30. The number of carboxylic acid groups (broad SMARTS) is 1. The molecule has 2 aliphatic rings. The lowest BCUT2D eigenvalue weighted by molar-refractivity contribution is -0.142. The zero-order valence-corrected chi connectivity index (χ0v) is 18.1. The number of nitrogens with two attached hydrogens (primary N) is 2. The molecule has 4 atom stereocenters. The predicted molar refractivity (Wildman–Crippen MR) is 109 cm³/mol. The van der Waals surface area contributed by atoms with Gasteiger partial charge in [0, 0.05) is 30.6 Å². The zero-order valence-electron chi connectivity index (χ0n) is 17.2. The van der Waals surface area contributed by atoms with Crippen LogP contribution in [0.15, 0.2) is 0 Å². The summed E-state index contributed by atoms with van der Waals surface area (Å²) in [6.45, 7) is 2.56. The van der Waals surface area contributed by atoms with Gasteiger partial charge in [-0.25, -0.2) is 0 Å². The highest BCUT2D eigenvalue weighted by Crippen LogP contribution is 2.37. The molecule has 172 valence electrons. The summed E-state index contributed by atoms with van der Waals surface area (Å²) in [6.07, 6.45) is 2.01. The first kappa shape index (κ1) is 25.0. The second-order valence-corrected chi connectivity index (χ2v) is 10.3. The van der Waals surface area contributed by atoms with Gasteiger partial charge in [0.05, 0.1) is 0 Å². The van der Waals surface area contributed by atoms with Gasteiger partial charge in [0.2, 0.25) is 5.91 Å². The second kappa shape index (κ2) is 9.06. The molecule has 12 nitrogen and oxygen atoms in total. The number of hydrogen-bond donors (Lipinski definition) is 7. The maximum absolute atomic E-state index is 12.9. The number of rotatable bonds is 11. The fourth-order valence-electron chi connectivity index (χ4n) is 3.62. The van der Waals surface area contributed by atoms with Gasteiger partial charge >= 0.3 is 13.1 Å². The number of aliphatic carboxylic acids is 1. The number of carbonyl (C=O) groups is 2. The van der Waals surface area contributed by atoms with Crippen molar-refractivity contribution in [1.82, 2.24) is 14.3 Å². The van der Waals surface area contributed by atoms with Gasteiger partial charge in [-0.15, -0.1) is 0 Å². The van der Waals surface area contributed by atoms with E-state index >= 15 is 0 Å². The van der Waals surface area contributed by atoms with Gasteiger partial charge in [-0.05, 0) is 39.4 Å². The van der Waals surface area contributed by atoms with Crippen molar-refractivity contribution in [2.45, 2.75) is 69.0 Å². The third-order valence-corrected chi connectivity index (χ3v) is 7.71. The van der Waals surface area contributed by atoms with E-state index in [1.54, 1.807) is 6.92 Å². The summed E-state index contributed by atoms with van der Waals surface area (Å²) < 4.78 is 29.4. The Morgan fingerprint density at radius 3 is 2.37 bits per heavy atom. The third kappa shape index (κ3) is 5.69. The monoisotopic (exact) mass is 449 g/mol. The van der Waals surface area contributed by atoms with Crippen LogP contribution in [0, 0.1) is 5.92 Å². The van der Waals surface area contributed by atoms with E-state index in [4.69, 9.17) is 26.6 Å². The molecule has 1 saturated carbocycles. The molecule has 1 heterocycles. The van der Waals surface area contributed by atoms with Crippen LogP contribution in [0.25, 0.3) is 0 Å². The highest BCUT2D eigenvalue weighted by Gasteiger charge is 2.53. The van der Waals surface area contributed by atoms with Crippen LogP contribution in [0.1, 0.15) is 39.5 Å². The van der Waals surface area contributed by atoms with Gasteiger partial charge in [-0.2, -0.15) is 17.4 Å². The van der Waals surface area contributed by atoms with E-state index in [-0.39, 0.29) is 25.8 Å². The van der Waals surface area contributed by atoms with Gasteiger partial charge < -0.3 is 31.9 Å². The molecule has 0 radical (unpaired) electrons. The molecule has 30 heavy (non-hydrogen) atoms. The first-order chi connectivity index (χ1) is 13.7. The molecule has 1 aliphatic carbocycles. The van der Waals surface area contributed by atoms with E-state index in [2.05, 4.69) is 10.0 Å². The van der Waals surface area contributed by atoms with E-state index in [1.165, 1.54) is 6.92 Å². The van der Waals surface area contributed by atoms with Crippen molar-refractivity contribution in [2.24, 2.45) is 17.4 Å². The normalized spacial score (nSPS) is 28.0. The van der Waals surface area contributed by atoms with Gasteiger partial charge in [0.1, 0.15) is 11.6 Å². The van der Waals surface area contributed by atoms with E-state index in [1.807, 2.05) is 0 Å². The third-order valence-electron chi connectivity index (χ3n) is 6.10. The molecular weight excluding hydrogens is 417 g/mol. The Morgan fingerprint density at radius 1 is 1.27 bits per heavy atom. The van der Waals surface area contributed by atoms with Crippen LogP contribution in [-0.4, -0.2) is 83.1 Å². The average Bonchev–Trinajstić information content (AvgIpc) is 3.28. The molecule has 14 heteroatoms. The first-order valence-electron chi connectivity index (χ1n) is 9.96. The van der Waals surface area contributed by atoms with E-state index in [0.29, 0.717) is 19.3 Å². The fourth-order valence-corrected chi connectivity index (χ4v) is 5.21. The average molecular weight is 449 g/mol. The Bertz CT molecular complexity index is 763. The predicted octanol–water partition coefficient (Wildman–Crippen LogP) is -2.83. The summed E-state index contributed by atoms with van der Waals surface area (Å²) in [5.41, 5.74) is 10.2. The molecule has 0 aromatic heterocycles. The summed E-state index contributed by atoms with van der Waals surface area (Å²) in [6, 6.07) is -1.70. The fraction of sp³-hybridized carbons (Fsp3) is 0.875. The van der Waals surface area contributed by atoms with Crippen LogP contribution in [0.5, 0.6) is 0 Å². The minimum atomic E-state index is -4.00. The van der Waals surface area contributed by atoms with Crippen molar-refractivity contribution < 1.29 is 33.2 Å². The number of nitrogens with zero attached hydrogens (tertiary/aromatic N) is 1. The van der Waals surface area contributed by atoms with Crippen molar-refractivity contribution >= 4 is 29.2 Å². The van der Waals surface area contributed by atoms with Crippen LogP contribution in [-0.2, 0) is 19.8 Å². The smallest absolute Gasteiger partial charge is 0.451 e. The minimum Gasteiger partial charge on any atom is -0.480 e. The first-order valence-corrected chi connectivity index (χ1v) is 11.4. The largest absolute Gasteiger partial charge is 0.480 e. The Morgan fingerprint density at radius 2 is 1.87 bits per heavy atom. The SMILES string of the molecule is CC(NS(=O)(=O)N1C[C@H](CCCB(O)O)[C@](N)(C(=O)N[C@@H](C)C(=O)O)C1)C1(N)CC1. The molecule has 1 unspecified atom stereocenters. The second-order valence-electron chi connectivity index (χ2n) is 8.55. The van der Waals surface area contributed by atoms with E-state index < -0.39 is 58.3 Å². The summed E-state index contributed by atoms with van der Waals surface area (Å²) in [7, 11) is -5.52. The van der Waals surface area contributed by atoms with Crippen molar-refractivity contribution in [3.05, 3.63) is 0 Å². The number of amides is 1. The zero-order chi connectivity index (χ0) is 22.9. The van der Waals surface area contributed by atoms with Crippen LogP contribution < -0.4 is 21.5 Å². The molecule has 0 bridgehead atoms.